The molecule has 112 valence electrons. The normalized spacial score (nSPS) is 14.4. The molecular formula is C12H27BN2O4. The third-order valence-electron chi connectivity index (χ3n) is 3.06. The Hall–Kier alpha value is -0.625. The zero-order valence-corrected chi connectivity index (χ0v) is 11.9. The van der Waals surface area contributed by atoms with Crippen molar-refractivity contribution in [3.05, 3.63) is 0 Å². The van der Waals surface area contributed by atoms with Crippen molar-refractivity contribution < 1.29 is 19.9 Å². The van der Waals surface area contributed by atoms with E-state index in [1.165, 1.54) is 0 Å². The van der Waals surface area contributed by atoms with Gasteiger partial charge in [0.1, 0.15) is 5.54 Å². The van der Waals surface area contributed by atoms with Crippen LogP contribution in [-0.4, -0.2) is 46.9 Å². The number of aliphatic carboxylic acids is 1. The number of carboxylic acids is 1. The van der Waals surface area contributed by atoms with Crippen molar-refractivity contribution in [1.29, 1.82) is 0 Å². The Kier molecular flexibility index (Phi) is 9.00. The second-order valence-electron chi connectivity index (χ2n) is 5.54. The summed E-state index contributed by atoms with van der Waals surface area (Å²) in [6.07, 6.45) is 2.10. The molecule has 0 aliphatic heterocycles. The summed E-state index contributed by atoms with van der Waals surface area (Å²) >= 11 is 0. The Morgan fingerprint density at radius 1 is 1.32 bits per heavy atom. The maximum atomic E-state index is 11.2. The van der Waals surface area contributed by atoms with Crippen LogP contribution >= 0.6 is 0 Å². The van der Waals surface area contributed by atoms with Crippen molar-refractivity contribution in [2.45, 2.75) is 51.4 Å². The van der Waals surface area contributed by atoms with Gasteiger partial charge in [-0.25, -0.2) is 0 Å². The third kappa shape index (κ3) is 8.99. The number of unbranched alkanes of at least 4 members (excludes halogenated alkanes) is 1. The summed E-state index contributed by atoms with van der Waals surface area (Å²) in [5.74, 6) is -0.480. The zero-order chi connectivity index (χ0) is 14.9. The minimum atomic E-state index is -1.33. The van der Waals surface area contributed by atoms with Crippen LogP contribution in [0.15, 0.2) is 0 Å². The van der Waals surface area contributed by atoms with E-state index >= 15 is 0 Å². The van der Waals surface area contributed by atoms with Gasteiger partial charge in [0.2, 0.25) is 0 Å². The minimum absolute atomic E-state index is 0.251. The smallest absolute Gasteiger partial charge is 0.451 e. The van der Waals surface area contributed by atoms with Gasteiger partial charge in [0.05, 0.1) is 0 Å². The summed E-state index contributed by atoms with van der Waals surface area (Å²) in [5.41, 5.74) is 4.68. The number of hydrogen-bond acceptors (Lipinski definition) is 5. The lowest BCUT2D eigenvalue weighted by Crippen LogP contribution is -2.50. The fraction of sp³-hybridized carbons (Fsp3) is 0.917. The molecule has 0 fully saturated rings. The molecule has 0 spiro atoms. The topological polar surface area (TPSA) is 116 Å². The molecule has 0 heterocycles. The molecule has 0 radical (unpaired) electrons. The molecule has 1 atom stereocenters. The van der Waals surface area contributed by atoms with Crippen molar-refractivity contribution in [2.24, 2.45) is 11.7 Å². The second-order valence-corrected chi connectivity index (χ2v) is 5.54. The quantitative estimate of drug-likeness (QED) is 0.268. The van der Waals surface area contributed by atoms with Crippen LogP contribution in [0.5, 0.6) is 0 Å². The summed E-state index contributed by atoms with van der Waals surface area (Å²) in [5, 5.41) is 29.8. The van der Waals surface area contributed by atoms with E-state index in [0.29, 0.717) is 38.1 Å². The molecule has 0 saturated carbocycles. The van der Waals surface area contributed by atoms with Gasteiger partial charge in [-0.1, -0.05) is 26.7 Å². The highest BCUT2D eigenvalue weighted by atomic mass is 16.4. The highest BCUT2D eigenvalue weighted by Crippen LogP contribution is 2.17. The van der Waals surface area contributed by atoms with E-state index in [-0.39, 0.29) is 6.32 Å². The van der Waals surface area contributed by atoms with Gasteiger partial charge in [-0.05, 0) is 38.2 Å². The number of nitrogens with two attached hydrogens (primary N) is 1. The third-order valence-corrected chi connectivity index (χ3v) is 3.06. The highest BCUT2D eigenvalue weighted by molar-refractivity contribution is 6.40. The minimum Gasteiger partial charge on any atom is -0.480 e. The highest BCUT2D eigenvalue weighted by Gasteiger charge is 2.32. The Morgan fingerprint density at radius 3 is 2.42 bits per heavy atom. The largest absolute Gasteiger partial charge is 0.480 e. The lowest BCUT2D eigenvalue weighted by molar-refractivity contribution is -0.143. The molecule has 0 aliphatic carbocycles. The van der Waals surface area contributed by atoms with E-state index in [4.69, 9.17) is 15.8 Å². The predicted molar refractivity (Wildman–Crippen MR) is 75.7 cm³/mol. The average Bonchev–Trinajstić information content (AvgIpc) is 2.29. The molecule has 0 aromatic heterocycles. The maximum absolute atomic E-state index is 11.2. The molecule has 19 heavy (non-hydrogen) atoms. The first kappa shape index (κ1) is 18.4. The summed E-state index contributed by atoms with van der Waals surface area (Å²) in [6, 6.07) is 0. The fourth-order valence-electron chi connectivity index (χ4n) is 1.81. The number of carbonyl (C=O) groups is 1. The molecule has 0 rings (SSSR count). The standard InChI is InChI=1S/C12H27BN2O4/c1-10(2)9-15-8-6-12(14,11(16)17)5-3-4-7-13(18)19/h10,15,18-19H,3-9,14H2,1-2H3,(H,16,17). The summed E-state index contributed by atoms with van der Waals surface area (Å²) in [7, 11) is -1.33. The number of nitrogens with one attached hydrogen (secondary N) is 1. The van der Waals surface area contributed by atoms with E-state index in [1.54, 1.807) is 0 Å². The molecule has 6 nitrogen and oxygen atoms in total. The van der Waals surface area contributed by atoms with Crippen LogP contribution in [0, 0.1) is 5.92 Å². The molecule has 0 bridgehead atoms. The van der Waals surface area contributed by atoms with Crippen LogP contribution in [0.3, 0.4) is 0 Å². The van der Waals surface area contributed by atoms with E-state index in [1.807, 2.05) is 0 Å². The van der Waals surface area contributed by atoms with Gasteiger partial charge >= 0.3 is 13.1 Å². The van der Waals surface area contributed by atoms with Gasteiger partial charge in [-0.2, -0.15) is 0 Å². The van der Waals surface area contributed by atoms with Crippen LogP contribution in [0.1, 0.15) is 39.5 Å². The Labute approximate surface area is 115 Å². The van der Waals surface area contributed by atoms with E-state index < -0.39 is 18.6 Å². The molecular weight excluding hydrogens is 247 g/mol. The van der Waals surface area contributed by atoms with Crippen molar-refractivity contribution in [1.82, 2.24) is 5.32 Å². The molecule has 6 N–H and O–H groups in total. The van der Waals surface area contributed by atoms with Crippen LogP contribution < -0.4 is 11.1 Å². The average molecular weight is 274 g/mol. The van der Waals surface area contributed by atoms with Crippen molar-refractivity contribution >= 4 is 13.1 Å². The van der Waals surface area contributed by atoms with Crippen LogP contribution in [0.25, 0.3) is 0 Å². The summed E-state index contributed by atoms with van der Waals surface area (Å²) in [4.78, 5) is 11.2. The fourth-order valence-corrected chi connectivity index (χ4v) is 1.81. The number of rotatable bonds is 11. The Balaban J connectivity index is 4.01. The van der Waals surface area contributed by atoms with Gasteiger partial charge in [0.25, 0.3) is 0 Å². The molecule has 0 aromatic carbocycles. The zero-order valence-electron chi connectivity index (χ0n) is 11.9. The summed E-state index contributed by atoms with van der Waals surface area (Å²) in [6.45, 7) is 5.58. The Bertz CT molecular complexity index is 246. The predicted octanol–water partition coefficient (Wildman–Crippen LogP) is 0.0473. The van der Waals surface area contributed by atoms with Gasteiger partial charge in [0.15, 0.2) is 0 Å². The van der Waals surface area contributed by atoms with Gasteiger partial charge in [0, 0.05) is 0 Å². The van der Waals surface area contributed by atoms with Gasteiger partial charge in [-0.3, -0.25) is 4.79 Å². The van der Waals surface area contributed by atoms with E-state index in [0.717, 1.165) is 6.54 Å². The molecule has 0 saturated heterocycles. The maximum Gasteiger partial charge on any atom is 0.451 e. The number of carboxylic acid groups (broad SMARTS) is 1. The molecule has 1 unspecified atom stereocenters. The van der Waals surface area contributed by atoms with Crippen molar-refractivity contribution in [3.8, 4) is 0 Å². The SMILES string of the molecule is CC(C)CNCCC(N)(CCCCB(O)O)C(=O)O. The first-order valence-electron chi connectivity index (χ1n) is 6.87. The van der Waals surface area contributed by atoms with Crippen molar-refractivity contribution in [3.63, 3.8) is 0 Å². The second kappa shape index (κ2) is 9.31. The molecule has 0 aliphatic rings. The molecule has 0 amide bonds. The first-order chi connectivity index (χ1) is 8.78. The monoisotopic (exact) mass is 274 g/mol. The molecule has 7 heteroatoms. The van der Waals surface area contributed by atoms with E-state index in [9.17, 15) is 9.90 Å². The lowest BCUT2D eigenvalue weighted by atomic mass is 9.81. The lowest BCUT2D eigenvalue weighted by Gasteiger charge is -2.25. The van der Waals surface area contributed by atoms with Crippen LogP contribution in [-0.2, 0) is 4.79 Å². The van der Waals surface area contributed by atoms with Gasteiger partial charge < -0.3 is 26.2 Å². The molecule has 0 aromatic rings. The Morgan fingerprint density at radius 2 is 1.95 bits per heavy atom. The van der Waals surface area contributed by atoms with Crippen molar-refractivity contribution in [2.75, 3.05) is 13.1 Å². The van der Waals surface area contributed by atoms with Crippen LogP contribution in [0.2, 0.25) is 6.32 Å². The van der Waals surface area contributed by atoms with E-state index in [2.05, 4.69) is 19.2 Å². The summed E-state index contributed by atoms with van der Waals surface area (Å²) < 4.78 is 0. The number of hydrogen-bond donors (Lipinski definition) is 5. The van der Waals surface area contributed by atoms with Crippen LogP contribution in [0.4, 0.5) is 0 Å². The first-order valence-corrected chi connectivity index (χ1v) is 6.87. The van der Waals surface area contributed by atoms with Gasteiger partial charge in [-0.15, -0.1) is 0 Å².